The van der Waals surface area contributed by atoms with Crippen LogP contribution in [-0.2, 0) is 0 Å². The Morgan fingerprint density at radius 3 is 2.83 bits per heavy atom. The number of thioether (sulfide) groups is 1. The predicted molar refractivity (Wildman–Crippen MR) is 56.5 cm³/mol. The predicted octanol–water partition coefficient (Wildman–Crippen LogP) is 2.36. The Morgan fingerprint density at radius 1 is 1.50 bits per heavy atom. The summed E-state index contributed by atoms with van der Waals surface area (Å²) >= 11 is 1.79. The summed E-state index contributed by atoms with van der Waals surface area (Å²) in [7, 11) is 0. The SMILES string of the molecule is CSCC(N)c1cccc(C)c1. The molecule has 0 aliphatic heterocycles. The highest BCUT2D eigenvalue weighted by Crippen LogP contribution is 2.15. The Bertz CT molecular complexity index is 247. The van der Waals surface area contributed by atoms with Gasteiger partial charge in [0.25, 0.3) is 0 Å². The van der Waals surface area contributed by atoms with Gasteiger partial charge < -0.3 is 5.73 Å². The molecule has 0 aliphatic rings. The van der Waals surface area contributed by atoms with E-state index in [0.717, 1.165) is 5.75 Å². The van der Waals surface area contributed by atoms with Crippen molar-refractivity contribution in [3.05, 3.63) is 35.4 Å². The van der Waals surface area contributed by atoms with Crippen LogP contribution in [0.1, 0.15) is 17.2 Å². The first-order valence-electron chi connectivity index (χ1n) is 4.05. The van der Waals surface area contributed by atoms with Crippen molar-refractivity contribution in [2.24, 2.45) is 5.73 Å². The minimum Gasteiger partial charge on any atom is -0.323 e. The van der Waals surface area contributed by atoms with Gasteiger partial charge in [-0.1, -0.05) is 29.8 Å². The van der Waals surface area contributed by atoms with Crippen molar-refractivity contribution in [1.29, 1.82) is 0 Å². The van der Waals surface area contributed by atoms with E-state index in [1.54, 1.807) is 11.8 Å². The highest BCUT2D eigenvalue weighted by atomic mass is 32.2. The molecule has 0 aliphatic carbocycles. The van der Waals surface area contributed by atoms with E-state index >= 15 is 0 Å². The number of hydrogen-bond acceptors (Lipinski definition) is 2. The van der Waals surface area contributed by atoms with E-state index in [-0.39, 0.29) is 6.04 Å². The molecule has 1 atom stereocenters. The van der Waals surface area contributed by atoms with Gasteiger partial charge in [0, 0.05) is 11.8 Å². The fourth-order valence-corrected chi connectivity index (χ4v) is 1.73. The molecule has 0 heterocycles. The first-order chi connectivity index (χ1) is 5.74. The van der Waals surface area contributed by atoms with E-state index in [2.05, 4.69) is 37.4 Å². The molecule has 1 nitrogen and oxygen atoms in total. The van der Waals surface area contributed by atoms with E-state index < -0.39 is 0 Å². The summed E-state index contributed by atoms with van der Waals surface area (Å²) in [6.45, 7) is 2.09. The lowest BCUT2D eigenvalue weighted by atomic mass is 10.1. The van der Waals surface area contributed by atoms with Crippen LogP contribution in [-0.4, -0.2) is 12.0 Å². The molecule has 66 valence electrons. The Morgan fingerprint density at radius 2 is 2.25 bits per heavy atom. The molecule has 0 spiro atoms. The Labute approximate surface area is 78.4 Å². The molecule has 2 N–H and O–H groups in total. The molecule has 1 aromatic carbocycles. The molecule has 0 saturated carbocycles. The number of hydrogen-bond donors (Lipinski definition) is 1. The smallest absolute Gasteiger partial charge is 0.0386 e. The second kappa shape index (κ2) is 4.53. The number of rotatable bonds is 3. The van der Waals surface area contributed by atoms with Gasteiger partial charge in [-0.15, -0.1) is 0 Å². The first kappa shape index (κ1) is 9.62. The van der Waals surface area contributed by atoms with Gasteiger partial charge in [0.2, 0.25) is 0 Å². The van der Waals surface area contributed by atoms with Crippen molar-refractivity contribution in [1.82, 2.24) is 0 Å². The second-order valence-corrected chi connectivity index (χ2v) is 3.89. The third-order valence-electron chi connectivity index (χ3n) is 1.82. The molecule has 1 rings (SSSR count). The van der Waals surface area contributed by atoms with Crippen LogP contribution in [0.25, 0.3) is 0 Å². The Hall–Kier alpha value is -0.470. The maximum Gasteiger partial charge on any atom is 0.0386 e. The second-order valence-electron chi connectivity index (χ2n) is 2.98. The largest absolute Gasteiger partial charge is 0.323 e. The number of nitrogens with two attached hydrogens (primary N) is 1. The highest BCUT2D eigenvalue weighted by Gasteiger charge is 2.03. The molecule has 1 unspecified atom stereocenters. The van der Waals surface area contributed by atoms with Crippen molar-refractivity contribution in [3.63, 3.8) is 0 Å². The molecule has 0 aromatic heterocycles. The van der Waals surface area contributed by atoms with Crippen molar-refractivity contribution >= 4 is 11.8 Å². The minimum absolute atomic E-state index is 0.180. The fraction of sp³-hybridized carbons (Fsp3) is 0.400. The van der Waals surface area contributed by atoms with Gasteiger partial charge in [-0.25, -0.2) is 0 Å². The molecular weight excluding hydrogens is 166 g/mol. The van der Waals surface area contributed by atoms with Crippen LogP contribution < -0.4 is 5.73 Å². The maximum atomic E-state index is 5.95. The average molecular weight is 181 g/mol. The lowest BCUT2D eigenvalue weighted by Gasteiger charge is -2.10. The van der Waals surface area contributed by atoms with Crippen molar-refractivity contribution in [2.75, 3.05) is 12.0 Å². The van der Waals surface area contributed by atoms with Gasteiger partial charge in [0.1, 0.15) is 0 Å². The van der Waals surface area contributed by atoms with Gasteiger partial charge >= 0.3 is 0 Å². The summed E-state index contributed by atoms with van der Waals surface area (Å²) < 4.78 is 0. The van der Waals surface area contributed by atoms with E-state index in [0.29, 0.717) is 0 Å². The van der Waals surface area contributed by atoms with E-state index in [1.165, 1.54) is 11.1 Å². The highest BCUT2D eigenvalue weighted by molar-refractivity contribution is 7.98. The summed E-state index contributed by atoms with van der Waals surface area (Å²) in [5, 5.41) is 0. The van der Waals surface area contributed by atoms with E-state index in [9.17, 15) is 0 Å². The van der Waals surface area contributed by atoms with Crippen LogP contribution in [0.5, 0.6) is 0 Å². The average Bonchev–Trinajstić information content (AvgIpc) is 2.05. The summed E-state index contributed by atoms with van der Waals surface area (Å²) in [4.78, 5) is 0. The van der Waals surface area contributed by atoms with Crippen molar-refractivity contribution < 1.29 is 0 Å². The van der Waals surface area contributed by atoms with Crippen LogP contribution in [0.15, 0.2) is 24.3 Å². The van der Waals surface area contributed by atoms with Crippen LogP contribution in [0, 0.1) is 6.92 Å². The monoisotopic (exact) mass is 181 g/mol. The van der Waals surface area contributed by atoms with Crippen LogP contribution in [0.3, 0.4) is 0 Å². The molecular formula is C10H15NS. The van der Waals surface area contributed by atoms with E-state index in [4.69, 9.17) is 5.73 Å². The van der Waals surface area contributed by atoms with Crippen LogP contribution in [0.2, 0.25) is 0 Å². The number of aryl methyl sites for hydroxylation is 1. The van der Waals surface area contributed by atoms with Crippen LogP contribution in [0.4, 0.5) is 0 Å². The molecule has 1 aromatic rings. The standard InChI is InChI=1S/C10H15NS/c1-8-4-3-5-9(6-8)10(11)7-12-2/h3-6,10H,7,11H2,1-2H3. The van der Waals surface area contributed by atoms with Gasteiger partial charge in [-0.2, -0.15) is 11.8 Å². The van der Waals surface area contributed by atoms with Gasteiger partial charge in [0.05, 0.1) is 0 Å². The lowest BCUT2D eigenvalue weighted by Crippen LogP contribution is -2.12. The van der Waals surface area contributed by atoms with Gasteiger partial charge in [0.15, 0.2) is 0 Å². The number of benzene rings is 1. The zero-order valence-electron chi connectivity index (χ0n) is 7.58. The Kier molecular flexibility index (Phi) is 3.63. The molecule has 0 radical (unpaired) electrons. The zero-order chi connectivity index (χ0) is 8.97. The molecule has 2 heteroatoms. The zero-order valence-corrected chi connectivity index (χ0v) is 8.40. The lowest BCUT2D eigenvalue weighted by molar-refractivity contribution is 0.831. The van der Waals surface area contributed by atoms with Gasteiger partial charge in [-0.05, 0) is 18.7 Å². The van der Waals surface area contributed by atoms with Crippen molar-refractivity contribution in [3.8, 4) is 0 Å². The minimum atomic E-state index is 0.180. The summed E-state index contributed by atoms with van der Waals surface area (Å²) in [5.41, 5.74) is 8.48. The molecule has 0 amide bonds. The summed E-state index contributed by atoms with van der Waals surface area (Å²) in [6, 6.07) is 8.58. The van der Waals surface area contributed by atoms with Gasteiger partial charge in [-0.3, -0.25) is 0 Å². The Balaban J connectivity index is 2.73. The third-order valence-corrected chi connectivity index (χ3v) is 2.51. The fourth-order valence-electron chi connectivity index (χ4n) is 1.18. The van der Waals surface area contributed by atoms with Crippen LogP contribution >= 0.6 is 11.8 Å². The molecule has 0 fully saturated rings. The summed E-state index contributed by atoms with van der Waals surface area (Å²) in [5.74, 6) is 0.990. The molecule has 12 heavy (non-hydrogen) atoms. The third kappa shape index (κ3) is 2.54. The summed E-state index contributed by atoms with van der Waals surface area (Å²) in [6.07, 6.45) is 2.08. The molecule has 0 bridgehead atoms. The molecule has 0 saturated heterocycles. The maximum absolute atomic E-state index is 5.95. The van der Waals surface area contributed by atoms with Crippen molar-refractivity contribution in [2.45, 2.75) is 13.0 Å². The topological polar surface area (TPSA) is 26.0 Å². The normalized spacial score (nSPS) is 12.9. The van der Waals surface area contributed by atoms with E-state index in [1.807, 2.05) is 0 Å². The first-order valence-corrected chi connectivity index (χ1v) is 5.44. The quantitative estimate of drug-likeness (QED) is 0.774.